The van der Waals surface area contributed by atoms with Crippen molar-refractivity contribution in [2.75, 3.05) is 0 Å². The highest BCUT2D eigenvalue weighted by Gasteiger charge is 2.19. The quantitative estimate of drug-likeness (QED) is 0.730. The third-order valence-corrected chi connectivity index (χ3v) is 1.45. The minimum atomic E-state index is -2.96. The molecule has 1 N–H and O–H groups in total. The summed E-state index contributed by atoms with van der Waals surface area (Å²) in [6.07, 6.45) is 0. The minimum Gasteiger partial charge on any atom is -0.226 e. The van der Waals surface area contributed by atoms with Gasteiger partial charge in [-0.05, 0) is 12.1 Å². The molecule has 0 saturated heterocycles. The Bertz CT molecular complexity index is 316. The van der Waals surface area contributed by atoms with Crippen LogP contribution in [0.25, 0.3) is 0 Å². The lowest BCUT2D eigenvalue weighted by atomic mass is 10.3. The minimum absolute atomic E-state index is 0.571. The number of hydrogen-bond donors (Lipinski definition) is 1. The molecule has 0 aliphatic heterocycles. The van der Waals surface area contributed by atoms with Gasteiger partial charge in [0.05, 0.1) is 0 Å². The van der Waals surface area contributed by atoms with Crippen LogP contribution in [0.15, 0.2) is 18.2 Å². The van der Waals surface area contributed by atoms with Gasteiger partial charge in [-0.1, -0.05) is 6.07 Å². The first-order valence-corrected chi connectivity index (χ1v) is 4.02. The Morgan fingerprint density at radius 3 is 2.67 bits per heavy atom. The third kappa shape index (κ3) is 1.96. The molecule has 64 valence electrons. The van der Waals surface area contributed by atoms with Crippen molar-refractivity contribution in [3.63, 3.8) is 0 Å². The highest BCUT2D eigenvalue weighted by molar-refractivity contribution is 7.32. The van der Waals surface area contributed by atoms with Crippen molar-refractivity contribution in [3.8, 4) is 5.75 Å². The van der Waals surface area contributed by atoms with E-state index in [2.05, 4.69) is 4.52 Å². The molecular formula is C6H4F2O3P+. The fraction of sp³-hybridized carbons (Fsp3) is 0. The molecular weight excluding hydrogens is 189 g/mol. The van der Waals surface area contributed by atoms with Gasteiger partial charge in [0.15, 0.2) is 5.82 Å². The zero-order chi connectivity index (χ0) is 9.14. The summed E-state index contributed by atoms with van der Waals surface area (Å²) in [4.78, 5) is 8.22. The van der Waals surface area contributed by atoms with Gasteiger partial charge in [0.2, 0.25) is 11.6 Å². The molecule has 1 atom stereocenters. The summed E-state index contributed by atoms with van der Waals surface area (Å²) in [7, 11) is -2.96. The number of benzene rings is 1. The van der Waals surface area contributed by atoms with Crippen molar-refractivity contribution in [1.29, 1.82) is 0 Å². The average molecular weight is 193 g/mol. The molecule has 1 unspecified atom stereocenters. The summed E-state index contributed by atoms with van der Waals surface area (Å²) < 4.78 is 39.2. The largest absolute Gasteiger partial charge is 0.747 e. The Hall–Kier alpha value is -1.06. The molecule has 0 heterocycles. The number of rotatable bonds is 2. The second-order valence-electron chi connectivity index (χ2n) is 1.88. The number of halogens is 2. The van der Waals surface area contributed by atoms with E-state index >= 15 is 0 Å². The van der Waals surface area contributed by atoms with Crippen LogP contribution in [-0.2, 0) is 4.57 Å². The van der Waals surface area contributed by atoms with Crippen molar-refractivity contribution >= 4 is 8.25 Å². The van der Waals surface area contributed by atoms with E-state index in [9.17, 15) is 13.3 Å². The molecule has 0 aliphatic rings. The maximum absolute atomic E-state index is 12.6. The predicted octanol–water partition coefficient (Wildman–Crippen LogP) is 1.99. The second-order valence-corrected chi connectivity index (χ2v) is 2.54. The molecule has 0 spiro atoms. The van der Waals surface area contributed by atoms with Crippen LogP contribution in [0.2, 0.25) is 0 Å². The van der Waals surface area contributed by atoms with Gasteiger partial charge in [0.1, 0.15) is 0 Å². The van der Waals surface area contributed by atoms with Crippen LogP contribution >= 0.6 is 8.25 Å². The van der Waals surface area contributed by atoms with E-state index in [0.717, 1.165) is 12.1 Å². The standard InChI is InChI=1S/C6H3F2O3P/c7-4-2-1-3-5(6(4)8)11-12(9)10/h1-3H/p+1. The zero-order valence-corrected chi connectivity index (χ0v) is 6.59. The van der Waals surface area contributed by atoms with Crippen molar-refractivity contribution in [1.82, 2.24) is 0 Å². The van der Waals surface area contributed by atoms with Gasteiger partial charge in [-0.2, -0.15) is 4.39 Å². The van der Waals surface area contributed by atoms with E-state index in [4.69, 9.17) is 4.89 Å². The highest BCUT2D eigenvalue weighted by Crippen LogP contribution is 2.26. The maximum atomic E-state index is 12.6. The average Bonchev–Trinajstić information content (AvgIpc) is 1.98. The molecule has 6 heteroatoms. The molecule has 1 aromatic carbocycles. The lowest BCUT2D eigenvalue weighted by Gasteiger charge is -1.93. The van der Waals surface area contributed by atoms with E-state index in [1.54, 1.807) is 0 Å². The molecule has 0 amide bonds. The number of hydrogen-bond acceptors (Lipinski definition) is 2. The molecule has 0 saturated carbocycles. The maximum Gasteiger partial charge on any atom is 0.747 e. The van der Waals surface area contributed by atoms with Crippen LogP contribution in [0.3, 0.4) is 0 Å². The fourth-order valence-corrected chi connectivity index (χ4v) is 0.948. The monoisotopic (exact) mass is 193 g/mol. The first-order valence-electron chi connectivity index (χ1n) is 2.89. The molecule has 0 radical (unpaired) electrons. The second kappa shape index (κ2) is 3.56. The van der Waals surface area contributed by atoms with Gasteiger partial charge in [-0.15, -0.1) is 4.89 Å². The SMILES string of the molecule is O=[P+](O)Oc1cccc(F)c1F. The molecule has 1 aromatic rings. The van der Waals surface area contributed by atoms with Crippen molar-refractivity contribution in [3.05, 3.63) is 29.8 Å². The van der Waals surface area contributed by atoms with Gasteiger partial charge >= 0.3 is 8.25 Å². The van der Waals surface area contributed by atoms with Gasteiger partial charge < -0.3 is 0 Å². The van der Waals surface area contributed by atoms with Gasteiger partial charge in [0.25, 0.3) is 0 Å². The topological polar surface area (TPSA) is 46.5 Å². The van der Waals surface area contributed by atoms with E-state index < -0.39 is 25.6 Å². The Morgan fingerprint density at radius 1 is 1.42 bits per heavy atom. The smallest absolute Gasteiger partial charge is 0.226 e. The van der Waals surface area contributed by atoms with Gasteiger partial charge in [0, 0.05) is 4.57 Å². The van der Waals surface area contributed by atoms with Crippen LogP contribution in [0.4, 0.5) is 8.78 Å². The van der Waals surface area contributed by atoms with E-state index in [-0.39, 0.29) is 0 Å². The third-order valence-electron chi connectivity index (χ3n) is 1.09. The van der Waals surface area contributed by atoms with E-state index in [0.29, 0.717) is 0 Å². The molecule has 0 aromatic heterocycles. The molecule has 3 nitrogen and oxygen atoms in total. The van der Waals surface area contributed by atoms with E-state index in [1.165, 1.54) is 6.07 Å². The van der Waals surface area contributed by atoms with Crippen LogP contribution in [-0.4, -0.2) is 4.89 Å². The lowest BCUT2D eigenvalue weighted by Crippen LogP contribution is -1.88. The summed E-state index contributed by atoms with van der Waals surface area (Å²) in [6, 6.07) is 3.11. The van der Waals surface area contributed by atoms with Crippen LogP contribution in [0.5, 0.6) is 5.75 Å². The Balaban J connectivity index is 3.00. The molecule has 0 fully saturated rings. The summed E-state index contributed by atoms with van der Waals surface area (Å²) >= 11 is 0. The Kier molecular flexibility index (Phi) is 2.68. The Morgan fingerprint density at radius 2 is 2.08 bits per heavy atom. The summed E-state index contributed by atoms with van der Waals surface area (Å²) in [5.41, 5.74) is 0. The lowest BCUT2D eigenvalue weighted by molar-refractivity contribution is 0.390. The summed E-state index contributed by atoms with van der Waals surface area (Å²) in [5, 5.41) is 0. The summed E-state index contributed by atoms with van der Waals surface area (Å²) in [5.74, 6) is -2.96. The van der Waals surface area contributed by atoms with Gasteiger partial charge in [-0.25, -0.2) is 8.91 Å². The zero-order valence-electron chi connectivity index (χ0n) is 5.70. The Labute approximate surface area is 67.5 Å². The highest BCUT2D eigenvalue weighted by atomic mass is 31.1. The van der Waals surface area contributed by atoms with Crippen molar-refractivity contribution in [2.45, 2.75) is 0 Å². The first kappa shape index (κ1) is 9.03. The van der Waals surface area contributed by atoms with Crippen molar-refractivity contribution < 1.29 is 22.8 Å². The predicted molar refractivity (Wildman–Crippen MR) is 36.8 cm³/mol. The fourth-order valence-electron chi connectivity index (χ4n) is 0.639. The van der Waals surface area contributed by atoms with Crippen LogP contribution in [0.1, 0.15) is 0 Å². The molecule has 0 aliphatic carbocycles. The first-order chi connectivity index (χ1) is 5.61. The molecule has 12 heavy (non-hydrogen) atoms. The molecule has 0 bridgehead atoms. The van der Waals surface area contributed by atoms with Crippen LogP contribution in [0, 0.1) is 11.6 Å². The van der Waals surface area contributed by atoms with E-state index in [1.807, 2.05) is 0 Å². The normalized spacial score (nSPS) is 11.1. The molecule has 1 rings (SSSR count). The van der Waals surface area contributed by atoms with Gasteiger partial charge in [-0.3, -0.25) is 0 Å². The van der Waals surface area contributed by atoms with Crippen LogP contribution < -0.4 is 4.52 Å². The van der Waals surface area contributed by atoms with Crippen molar-refractivity contribution in [2.24, 2.45) is 0 Å². The summed E-state index contributed by atoms with van der Waals surface area (Å²) in [6.45, 7) is 0.